The van der Waals surface area contributed by atoms with E-state index in [2.05, 4.69) is 15.6 Å². The summed E-state index contributed by atoms with van der Waals surface area (Å²) >= 11 is 2.73. The topological polar surface area (TPSA) is 80.3 Å². The lowest BCUT2D eigenvalue weighted by molar-refractivity contribution is -0.116. The number of hydrogen-bond donors (Lipinski definition) is 2. The highest BCUT2D eigenvalue weighted by molar-refractivity contribution is 7.14. The van der Waals surface area contributed by atoms with Crippen LogP contribution in [0.25, 0.3) is 0 Å². The molecule has 0 radical (unpaired) electrons. The molecule has 2 heterocycles. The minimum absolute atomic E-state index is 0.112. The van der Waals surface area contributed by atoms with E-state index in [-0.39, 0.29) is 11.8 Å². The molecule has 2 N–H and O–H groups in total. The number of hydrogen-bond acceptors (Lipinski definition) is 6. The predicted molar refractivity (Wildman–Crippen MR) is 109 cm³/mol. The molecule has 0 saturated carbocycles. The van der Waals surface area contributed by atoms with Crippen LogP contribution in [0.15, 0.2) is 47.2 Å². The van der Waals surface area contributed by atoms with E-state index < -0.39 is 0 Å². The van der Waals surface area contributed by atoms with Gasteiger partial charge in [-0.15, -0.1) is 22.7 Å². The van der Waals surface area contributed by atoms with Crippen LogP contribution in [0.1, 0.15) is 28.7 Å². The zero-order valence-corrected chi connectivity index (χ0v) is 16.4. The zero-order chi connectivity index (χ0) is 19.1. The molecule has 2 amide bonds. The third-order valence-corrected chi connectivity index (χ3v) is 5.26. The first-order chi connectivity index (χ1) is 13.2. The number of benzene rings is 1. The van der Waals surface area contributed by atoms with Gasteiger partial charge in [0, 0.05) is 11.8 Å². The molecule has 140 valence electrons. The molecule has 0 aliphatic carbocycles. The van der Waals surface area contributed by atoms with Gasteiger partial charge in [0.1, 0.15) is 5.75 Å². The molecule has 0 aliphatic rings. The van der Waals surface area contributed by atoms with Gasteiger partial charge < -0.3 is 10.1 Å². The molecule has 0 aliphatic heterocycles. The fourth-order valence-electron chi connectivity index (χ4n) is 2.35. The highest BCUT2D eigenvalue weighted by Gasteiger charge is 2.12. The maximum absolute atomic E-state index is 12.2. The summed E-state index contributed by atoms with van der Waals surface area (Å²) in [6.07, 6.45) is 0.788. The Morgan fingerprint density at radius 1 is 1.11 bits per heavy atom. The fourth-order valence-corrected chi connectivity index (χ4v) is 3.71. The summed E-state index contributed by atoms with van der Waals surface area (Å²) in [4.78, 5) is 29.3. The molecule has 27 heavy (non-hydrogen) atoms. The number of rotatable bonds is 8. The molecule has 0 saturated heterocycles. The first kappa shape index (κ1) is 19.1. The Bertz CT molecular complexity index is 907. The van der Waals surface area contributed by atoms with Crippen LogP contribution in [0.2, 0.25) is 0 Å². The monoisotopic (exact) mass is 401 g/mol. The van der Waals surface area contributed by atoms with Gasteiger partial charge in [-0.3, -0.25) is 14.9 Å². The van der Waals surface area contributed by atoms with Crippen LogP contribution < -0.4 is 15.4 Å². The van der Waals surface area contributed by atoms with Crippen molar-refractivity contribution < 1.29 is 14.3 Å². The second-order valence-electron chi connectivity index (χ2n) is 5.55. The third kappa shape index (κ3) is 5.38. The number of thiazole rings is 1. The number of nitrogens with one attached hydrogen (secondary N) is 2. The Labute approximate surface area is 165 Å². The fraction of sp³-hybridized carbons (Fsp3) is 0.211. The number of amides is 2. The SMILES string of the molecule is CCOc1ccccc1NC(=O)CCc1csc(NC(=O)c2cccs2)n1. The molecule has 0 atom stereocenters. The van der Waals surface area contributed by atoms with E-state index in [1.165, 1.54) is 22.7 Å². The average molecular weight is 402 g/mol. The van der Waals surface area contributed by atoms with Crippen molar-refractivity contribution in [2.45, 2.75) is 19.8 Å². The van der Waals surface area contributed by atoms with Gasteiger partial charge in [-0.2, -0.15) is 0 Å². The van der Waals surface area contributed by atoms with Crippen molar-refractivity contribution in [1.82, 2.24) is 4.98 Å². The summed E-state index contributed by atoms with van der Waals surface area (Å²) in [6.45, 7) is 2.43. The van der Waals surface area contributed by atoms with Crippen molar-refractivity contribution in [3.05, 3.63) is 57.7 Å². The molecule has 8 heteroatoms. The summed E-state index contributed by atoms with van der Waals surface area (Å²) in [5.74, 6) is 0.371. The van der Waals surface area contributed by atoms with Crippen LogP contribution in [0, 0.1) is 0 Å². The zero-order valence-electron chi connectivity index (χ0n) is 14.7. The van der Waals surface area contributed by atoms with E-state index in [1.54, 1.807) is 6.07 Å². The maximum atomic E-state index is 12.2. The Morgan fingerprint density at radius 3 is 2.74 bits per heavy atom. The van der Waals surface area contributed by atoms with Crippen molar-refractivity contribution in [2.24, 2.45) is 0 Å². The summed E-state index contributed by atoms with van der Waals surface area (Å²) < 4.78 is 5.51. The minimum Gasteiger partial charge on any atom is -0.492 e. The summed E-state index contributed by atoms with van der Waals surface area (Å²) in [7, 11) is 0. The van der Waals surface area contributed by atoms with Crippen molar-refractivity contribution in [1.29, 1.82) is 0 Å². The number of aryl methyl sites for hydroxylation is 1. The Morgan fingerprint density at radius 2 is 1.96 bits per heavy atom. The lowest BCUT2D eigenvalue weighted by Gasteiger charge is -2.10. The van der Waals surface area contributed by atoms with Crippen molar-refractivity contribution in [3.8, 4) is 5.75 Å². The number of carbonyl (C=O) groups excluding carboxylic acids is 2. The highest BCUT2D eigenvalue weighted by Crippen LogP contribution is 2.24. The van der Waals surface area contributed by atoms with Gasteiger partial charge in [-0.25, -0.2) is 4.98 Å². The molecule has 0 fully saturated rings. The normalized spacial score (nSPS) is 10.4. The number of aromatic nitrogens is 1. The van der Waals surface area contributed by atoms with E-state index in [1.807, 2.05) is 48.0 Å². The maximum Gasteiger partial charge on any atom is 0.267 e. The van der Waals surface area contributed by atoms with Gasteiger partial charge >= 0.3 is 0 Å². The molecule has 6 nitrogen and oxygen atoms in total. The lowest BCUT2D eigenvalue weighted by atomic mass is 10.2. The summed E-state index contributed by atoms with van der Waals surface area (Å²) in [6, 6.07) is 10.9. The third-order valence-electron chi connectivity index (χ3n) is 3.59. The molecule has 2 aromatic heterocycles. The second-order valence-corrected chi connectivity index (χ2v) is 7.36. The Hall–Kier alpha value is -2.71. The molecule has 0 spiro atoms. The number of thiophene rings is 1. The molecule has 1 aromatic carbocycles. The Balaban J connectivity index is 1.51. The standard InChI is InChI=1S/C19H19N3O3S2/c1-2-25-15-7-4-3-6-14(15)21-17(23)10-9-13-12-27-19(20-13)22-18(24)16-8-5-11-26-16/h3-8,11-12H,2,9-10H2,1H3,(H,21,23)(H,20,22,24). The molecule has 0 bridgehead atoms. The molecule has 3 rings (SSSR count). The second kappa shape index (κ2) is 9.29. The van der Waals surface area contributed by atoms with Crippen LogP contribution in [0.5, 0.6) is 5.75 Å². The lowest BCUT2D eigenvalue weighted by Crippen LogP contribution is -2.13. The van der Waals surface area contributed by atoms with E-state index in [9.17, 15) is 9.59 Å². The van der Waals surface area contributed by atoms with E-state index in [4.69, 9.17) is 4.74 Å². The molecular weight excluding hydrogens is 382 g/mol. The quantitative estimate of drug-likeness (QED) is 0.585. The average Bonchev–Trinajstić information content (AvgIpc) is 3.34. The number of nitrogens with zero attached hydrogens (tertiary/aromatic N) is 1. The predicted octanol–water partition coefficient (Wildman–Crippen LogP) is 4.43. The van der Waals surface area contributed by atoms with Crippen molar-refractivity contribution >= 4 is 45.3 Å². The molecule has 3 aromatic rings. The number of ether oxygens (including phenoxy) is 1. The summed E-state index contributed by atoms with van der Waals surface area (Å²) in [5.41, 5.74) is 1.43. The van der Waals surface area contributed by atoms with Gasteiger partial charge in [-0.05, 0) is 36.9 Å². The van der Waals surface area contributed by atoms with Gasteiger partial charge in [0.2, 0.25) is 5.91 Å². The van der Waals surface area contributed by atoms with Crippen LogP contribution in [0.4, 0.5) is 10.8 Å². The van der Waals surface area contributed by atoms with Gasteiger partial charge in [0.25, 0.3) is 5.91 Å². The van der Waals surface area contributed by atoms with Crippen molar-refractivity contribution in [3.63, 3.8) is 0 Å². The van der Waals surface area contributed by atoms with Crippen LogP contribution in [-0.2, 0) is 11.2 Å². The molecule has 0 unspecified atom stereocenters. The molecular formula is C19H19N3O3S2. The largest absolute Gasteiger partial charge is 0.492 e. The minimum atomic E-state index is -0.170. The van der Waals surface area contributed by atoms with Crippen LogP contribution >= 0.6 is 22.7 Å². The van der Waals surface area contributed by atoms with Crippen LogP contribution in [-0.4, -0.2) is 23.4 Å². The van der Waals surface area contributed by atoms with E-state index >= 15 is 0 Å². The smallest absolute Gasteiger partial charge is 0.267 e. The van der Waals surface area contributed by atoms with Crippen LogP contribution in [0.3, 0.4) is 0 Å². The van der Waals surface area contributed by atoms with Gasteiger partial charge in [0.15, 0.2) is 5.13 Å². The number of anilines is 2. The van der Waals surface area contributed by atoms with Crippen molar-refractivity contribution in [2.75, 3.05) is 17.2 Å². The van der Waals surface area contributed by atoms with E-state index in [0.29, 0.717) is 40.9 Å². The summed E-state index contributed by atoms with van der Waals surface area (Å²) in [5, 5.41) is 9.88. The first-order valence-corrected chi connectivity index (χ1v) is 10.2. The highest BCUT2D eigenvalue weighted by atomic mass is 32.1. The first-order valence-electron chi connectivity index (χ1n) is 8.46. The number of para-hydroxylation sites is 2. The number of carbonyl (C=O) groups is 2. The Kier molecular flexibility index (Phi) is 6.56. The van der Waals surface area contributed by atoms with Gasteiger partial charge in [-0.1, -0.05) is 18.2 Å². The van der Waals surface area contributed by atoms with Gasteiger partial charge in [0.05, 0.1) is 22.9 Å². The van der Waals surface area contributed by atoms with E-state index in [0.717, 1.165) is 5.69 Å².